The van der Waals surface area contributed by atoms with Crippen LogP contribution >= 0.6 is 0 Å². The van der Waals surface area contributed by atoms with Crippen LogP contribution in [0, 0.1) is 6.08 Å². The van der Waals surface area contributed by atoms with E-state index in [1.165, 1.54) is 40.6 Å². The van der Waals surface area contributed by atoms with Gasteiger partial charge in [-0.3, -0.25) is 6.08 Å². The fourth-order valence-corrected chi connectivity index (χ4v) is 1.81. The molecule has 1 N–H and O–H groups in total. The van der Waals surface area contributed by atoms with Gasteiger partial charge in [-0.05, 0) is 0 Å². The molecule has 0 saturated carbocycles. The topological polar surface area (TPSA) is 20.2 Å². The van der Waals surface area contributed by atoms with Crippen LogP contribution in [-0.4, -0.2) is 15.4 Å². The number of benzene rings is 1. The van der Waals surface area contributed by atoms with Crippen LogP contribution < -0.4 is 24.8 Å². The van der Waals surface area contributed by atoms with Gasteiger partial charge in [0.15, 0.2) is 0 Å². The van der Waals surface area contributed by atoms with Crippen LogP contribution in [0.25, 0.3) is 10.8 Å². The number of fused-ring (bicyclic) bond motifs is 1. The van der Waals surface area contributed by atoms with Crippen molar-refractivity contribution in [2.75, 3.05) is 6.61 Å². The van der Waals surface area contributed by atoms with Crippen LogP contribution in [-0.2, 0) is 24.2 Å². The van der Waals surface area contributed by atoms with Crippen LogP contribution in [0.5, 0.6) is 0 Å². The first kappa shape index (κ1) is 23.9. The normalized spacial score (nSPS) is 11.0. The minimum atomic E-state index is 0. The molecule has 2 aromatic carbocycles. The third-order valence-corrected chi connectivity index (χ3v) is 2.72. The van der Waals surface area contributed by atoms with Crippen LogP contribution in [0.2, 0.25) is 0 Å². The maximum atomic E-state index is 8.44. The monoisotopic (exact) mass is 412 g/mol. The zero-order chi connectivity index (χ0) is 14.6. The van der Waals surface area contributed by atoms with Crippen molar-refractivity contribution in [3.63, 3.8) is 0 Å². The van der Waals surface area contributed by atoms with Crippen molar-refractivity contribution < 1.29 is 54.2 Å². The van der Waals surface area contributed by atoms with Crippen LogP contribution in [0.4, 0.5) is 0 Å². The van der Waals surface area contributed by atoms with Crippen molar-refractivity contribution in [2.45, 2.75) is 19.8 Å². The largest absolute Gasteiger partial charge is 1.00 e. The first-order valence-corrected chi connectivity index (χ1v) is 8.15. The maximum absolute atomic E-state index is 8.44. The van der Waals surface area contributed by atoms with Crippen molar-refractivity contribution in [3.8, 4) is 0 Å². The molecule has 2 aromatic rings. The second-order valence-corrected chi connectivity index (χ2v) is 5.67. The van der Waals surface area contributed by atoms with Gasteiger partial charge in [0.1, 0.15) is 0 Å². The Kier molecular flexibility index (Phi) is 16.8. The Bertz CT molecular complexity index is 543. The second kappa shape index (κ2) is 15.5. The number of rotatable bonds is 2. The summed E-state index contributed by atoms with van der Waals surface area (Å²) in [5.74, 6) is 0. The second-order valence-electron chi connectivity index (χ2n) is 4.25. The van der Waals surface area contributed by atoms with E-state index in [0.717, 1.165) is 12.8 Å². The molecule has 0 amide bonds. The average Bonchev–Trinajstić information content (AvgIpc) is 3.11. The fourth-order valence-electron chi connectivity index (χ4n) is 1.81. The summed E-state index contributed by atoms with van der Waals surface area (Å²) >= 11 is 1.51. The van der Waals surface area contributed by atoms with Crippen molar-refractivity contribution in [3.05, 3.63) is 66.3 Å². The van der Waals surface area contributed by atoms with Gasteiger partial charge in [-0.25, -0.2) is 6.08 Å². The van der Waals surface area contributed by atoms with Crippen molar-refractivity contribution in [1.29, 1.82) is 0 Å². The number of aliphatic hydroxyl groups excluding tert-OH is 1. The predicted molar refractivity (Wildman–Crippen MR) is 83.5 cm³/mol. The number of halogens is 2. The molecule has 0 aliphatic heterocycles. The first-order valence-electron chi connectivity index (χ1n) is 6.74. The van der Waals surface area contributed by atoms with E-state index in [1.54, 1.807) is 0 Å². The molecule has 3 rings (SSSR count). The Morgan fingerprint density at radius 1 is 1.27 bits per heavy atom. The molecule has 0 bridgehead atoms. The molecule has 0 saturated heterocycles. The number of allylic oxidation sites excluding steroid dienone is 3. The molecule has 0 spiro atoms. The summed E-state index contributed by atoms with van der Waals surface area (Å²) in [6.45, 7) is 2.29. The van der Waals surface area contributed by atoms with Crippen LogP contribution in [0.3, 0.4) is 0 Å². The van der Waals surface area contributed by atoms with E-state index >= 15 is 0 Å². The van der Waals surface area contributed by atoms with E-state index in [2.05, 4.69) is 58.3 Å². The Balaban J connectivity index is 0. The molecule has 0 atom stereocenters. The molecule has 22 heavy (non-hydrogen) atoms. The predicted octanol–water partition coefficient (Wildman–Crippen LogP) is -2.02. The van der Waals surface area contributed by atoms with E-state index in [-0.39, 0.29) is 31.4 Å². The molecule has 0 radical (unpaired) electrons. The third kappa shape index (κ3) is 9.59. The molecule has 118 valence electrons. The van der Waals surface area contributed by atoms with Gasteiger partial charge >= 0.3 is 34.9 Å². The minimum absolute atomic E-state index is 0. The molecule has 0 fully saturated rings. The van der Waals surface area contributed by atoms with E-state index < -0.39 is 0 Å². The molecule has 0 aromatic heterocycles. The molecule has 0 unspecified atom stereocenters. The van der Waals surface area contributed by atoms with E-state index in [1.807, 2.05) is 13.0 Å². The van der Waals surface area contributed by atoms with Gasteiger partial charge in [-0.15, -0.1) is 36.1 Å². The van der Waals surface area contributed by atoms with Gasteiger partial charge in [0.2, 0.25) is 0 Å². The summed E-state index contributed by atoms with van der Waals surface area (Å²) in [5.41, 5.74) is 1.22. The molecule has 1 aliphatic rings. The Morgan fingerprint density at radius 2 is 1.95 bits per heavy atom. The molecule has 0 heterocycles. The Morgan fingerprint density at radius 3 is 2.50 bits per heavy atom. The van der Waals surface area contributed by atoms with Gasteiger partial charge in [-0.2, -0.15) is 29.2 Å². The third-order valence-electron chi connectivity index (χ3n) is 2.72. The maximum Gasteiger partial charge on any atom is 0.0318 e. The van der Waals surface area contributed by atoms with Gasteiger partial charge in [-0.1, -0.05) is 12.5 Å². The van der Waals surface area contributed by atoms with E-state index in [9.17, 15) is 0 Å². The smallest absolute Gasteiger partial charge is 0.0318 e. The van der Waals surface area contributed by atoms with Crippen LogP contribution in [0.15, 0.2) is 60.2 Å². The Hall–Kier alpha value is -0.397. The fraction of sp³-hybridized carbons (Fsp3) is 0.222. The standard InChI is InChI=1S/C9H7.C7H9O.C2H4.2ClH.Zr/c1-2-5-9-7-3-6-8(9)4-1;8-6-5-7-3-1-2-4-7;1-2;;;/h1-7H;3-4,8H,1,5-6H2;1H,2H3;2*1H;/q2*-1;;;;+2/p-2. The average molecular weight is 414 g/mol. The zero-order valence-electron chi connectivity index (χ0n) is 12.6. The Labute approximate surface area is 160 Å². The SMILES string of the molecule is C[CH]=[Zr+2].OCCC1=CC[C-]=C1.[Cl-].[Cl-].c1ccc2[cH-]ccc2c1. The van der Waals surface area contributed by atoms with Gasteiger partial charge in [0.25, 0.3) is 0 Å². The summed E-state index contributed by atoms with van der Waals surface area (Å²) in [5, 5.41) is 11.1. The molecular formula is C18H20Cl2OZr-2. The molecule has 1 nitrogen and oxygen atoms in total. The van der Waals surface area contributed by atoms with Gasteiger partial charge in [0, 0.05) is 6.61 Å². The van der Waals surface area contributed by atoms with Crippen molar-refractivity contribution in [2.24, 2.45) is 0 Å². The number of aliphatic hydroxyl groups is 1. The zero-order valence-corrected chi connectivity index (χ0v) is 16.6. The summed E-state index contributed by atoms with van der Waals surface area (Å²) < 4.78 is 2.09. The summed E-state index contributed by atoms with van der Waals surface area (Å²) in [6.07, 6.45) is 8.76. The number of hydrogen-bond acceptors (Lipinski definition) is 1. The van der Waals surface area contributed by atoms with Crippen molar-refractivity contribution >= 4 is 14.5 Å². The minimum Gasteiger partial charge on any atom is -1.00 e. The number of hydrogen-bond donors (Lipinski definition) is 1. The van der Waals surface area contributed by atoms with E-state index in [4.69, 9.17) is 5.11 Å². The molecule has 4 heteroatoms. The first-order chi connectivity index (χ1) is 9.81. The summed E-state index contributed by atoms with van der Waals surface area (Å²) in [7, 11) is 0. The van der Waals surface area contributed by atoms with Crippen LogP contribution in [0.1, 0.15) is 19.8 Å². The molecular weight excluding hydrogens is 394 g/mol. The summed E-state index contributed by atoms with van der Waals surface area (Å²) in [4.78, 5) is 0. The quantitative estimate of drug-likeness (QED) is 0.563. The summed E-state index contributed by atoms with van der Waals surface area (Å²) in [6, 6.07) is 14.7. The van der Waals surface area contributed by atoms with Gasteiger partial charge in [0.05, 0.1) is 0 Å². The van der Waals surface area contributed by atoms with Crippen molar-refractivity contribution in [1.82, 2.24) is 0 Å². The van der Waals surface area contributed by atoms with E-state index in [0.29, 0.717) is 0 Å². The molecule has 1 aliphatic carbocycles. The van der Waals surface area contributed by atoms with Gasteiger partial charge < -0.3 is 29.9 Å².